The summed E-state index contributed by atoms with van der Waals surface area (Å²) < 4.78 is 15.8. The highest BCUT2D eigenvalue weighted by atomic mass is 35.5. The number of hydrogen-bond donors (Lipinski definition) is 0. The van der Waals surface area contributed by atoms with Crippen LogP contribution in [0.3, 0.4) is 0 Å². The Hall–Kier alpha value is -0.800. The van der Waals surface area contributed by atoms with Crippen LogP contribution in [0.25, 0.3) is 11.0 Å². The largest absolute Gasteiger partial charge is 0.325 e. The van der Waals surface area contributed by atoms with Crippen molar-refractivity contribution in [3.05, 3.63) is 28.8 Å². The molecule has 1 aromatic heterocycles. The minimum absolute atomic E-state index is 0.119. The number of benzene rings is 1. The van der Waals surface area contributed by atoms with E-state index >= 15 is 0 Å². The van der Waals surface area contributed by atoms with E-state index in [1.54, 1.807) is 6.07 Å². The Kier molecular flexibility index (Phi) is 3.44. The van der Waals surface area contributed by atoms with E-state index in [9.17, 15) is 4.39 Å². The van der Waals surface area contributed by atoms with Crippen molar-refractivity contribution in [1.82, 2.24) is 9.55 Å². The summed E-state index contributed by atoms with van der Waals surface area (Å²) in [4.78, 5) is 4.56. The second-order valence-electron chi connectivity index (χ2n) is 5.17. The van der Waals surface area contributed by atoms with Crippen molar-refractivity contribution in [1.29, 1.82) is 0 Å². The van der Waals surface area contributed by atoms with Gasteiger partial charge in [-0.1, -0.05) is 11.6 Å². The fraction of sp³-hybridized carbons (Fsp3) is 0.500. The first-order valence-electron chi connectivity index (χ1n) is 6.53. The second-order valence-corrected chi connectivity index (χ2v) is 5.96. The van der Waals surface area contributed by atoms with Gasteiger partial charge in [-0.15, -0.1) is 11.6 Å². The molecule has 0 spiro atoms. The Balaban J connectivity index is 2.18. The number of halogens is 3. The molecule has 1 atom stereocenters. The van der Waals surface area contributed by atoms with Crippen LogP contribution in [0.4, 0.5) is 4.39 Å². The van der Waals surface area contributed by atoms with E-state index in [-0.39, 0.29) is 5.02 Å². The maximum atomic E-state index is 13.7. The highest BCUT2D eigenvalue weighted by Gasteiger charge is 2.31. The fourth-order valence-corrected chi connectivity index (χ4v) is 2.97. The molecular weight excluding hydrogens is 286 g/mol. The van der Waals surface area contributed by atoms with E-state index in [4.69, 9.17) is 23.2 Å². The standard InChI is InChI=1S/C14H15Cl2FN2/c1-8(9-2-3-9)19-13-7-11(17)10(16)6-12(13)18-14(19)4-5-15/h6-9H,2-5H2,1H3. The second kappa shape index (κ2) is 4.95. The van der Waals surface area contributed by atoms with Crippen LogP contribution in [0, 0.1) is 11.7 Å². The van der Waals surface area contributed by atoms with Gasteiger partial charge in [0.2, 0.25) is 0 Å². The maximum absolute atomic E-state index is 13.7. The number of rotatable bonds is 4. The predicted octanol–water partition coefficient (Wildman–Crippen LogP) is 4.58. The number of fused-ring (bicyclic) bond motifs is 1. The number of nitrogens with zero attached hydrogens (tertiary/aromatic N) is 2. The summed E-state index contributed by atoms with van der Waals surface area (Å²) in [5.74, 6) is 1.71. The first-order valence-corrected chi connectivity index (χ1v) is 7.45. The molecule has 1 fully saturated rings. The maximum Gasteiger partial charge on any atom is 0.144 e. The minimum Gasteiger partial charge on any atom is -0.325 e. The van der Waals surface area contributed by atoms with Crippen LogP contribution in [0.1, 0.15) is 31.6 Å². The molecular formula is C14H15Cl2FN2. The molecule has 0 N–H and O–H groups in total. The number of imidazole rings is 1. The van der Waals surface area contributed by atoms with Gasteiger partial charge in [0.25, 0.3) is 0 Å². The SMILES string of the molecule is CC(C1CC1)n1c(CCCl)nc2cc(Cl)c(F)cc21. The molecule has 102 valence electrons. The molecule has 1 saturated carbocycles. The molecule has 0 radical (unpaired) electrons. The number of hydrogen-bond acceptors (Lipinski definition) is 1. The number of alkyl halides is 1. The van der Waals surface area contributed by atoms with Gasteiger partial charge in [-0.2, -0.15) is 0 Å². The smallest absolute Gasteiger partial charge is 0.144 e. The Bertz CT molecular complexity index is 619. The van der Waals surface area contributed by atoms with Crippen molar-refractivity contribution >= 4 is 34.2 Å². The average Bonchev–Trinajstić information content (AvgIpc) is 3.15. The summed E-state index contributed by atoms with van der Waals surface area (Å²) in [5, 5.41) is 0.119. The molecule has 0 aliphatic heterocycles. The average molecular weight is 301 g/mol. The molecule has 0 bridgehead atoms. The lowest BCUT2D eigenvalue weighted by Crippen LogP contribution is -2.11. The van der Waals surface area contributed by atoms with Gasteiger partial charge in [0.05, 0.1) is 16.1 Å². The van der Waals surface area contributed by atoms with E-state index in [2.05, 4.69) is 16.5 Å². The predicted molar refractivity (Wildman–Crippen MR) is 76.6 cm³/mol. The van der Waals surface area contributed by atoms with Crippen LogP contribution in [0.15, 0.2) is 12.1 Å². The fourth-order valence-electron chi connectivity index (χ4n) is 2.65. The van der Waals surface area contributed by atoms with Crippen molar-refractivity contribution in [2.24, 2.45) is 5.92 Å². The zero-order chi connectivity index (χ0) is 13.6. The van der Waals surface area contributed by atoms with Gasteiger partial charge in [-0.3, -0.25) is 0 Å². The van der Waals surface area contributed by atoms with Crippen molar-refractivity contribution in [2.75, 3.05) is 5.88 Å². The van der Waals surface area contributed by atoms with E-state index in [1.807, 2.05) is 0 Å². The summed E-state index contributed by atoms with van der Waals surface area (Å²) in [5.41, 5.74) is 1.57. The molecule has 1 aromatic carbocycles. The van der Waals surface area contributed by atoms with Gasteiger partial charge in [0.1, 0.15) is 11.6 Å². The Morgan fingerprint density at radius 3 is 2.84 bits per heavy atom. The summed E-state index contributed by atoms with van der Waals surface area (Å²) in [7, 11) is 0. The highest BCUT2D eigenvalue weighted by molar-refractivity contribution is 6.31. The molecule has 0 saturated heterocycles. The van der Waals surface area contributed by atoms with E-state index in [1.165, 1.54) is 18.9 Å². The lowest BCUT2D eigenvalue weighted by atomic mass is 10.2. The summed E-state index contributed by atoms with van der Waals surface area (Å²) >= 11 is 11.7. The van der Waals surface area contributed by atoms with Crippen LogP contribution >= 0.6 is 23.2 Å². The van der Waals surface area contributed by atoms with Crippen molar-refractivity contribution in [3.63, 3.8) is 0 Å². The molecule has 1 aliphatic rings. The molecule has 5 heteroatoms. The minimum atomic E-state index is -0.393. The van der Waals surface area contributed by atoms with Crippen LogP contribution in [0.5, 0.6) is 0 Å². The Morgan fingerprint density at radius 2 is 2.21 bits per heavy atom. The normalized spacial score (nSPS) is 17.1. The highest BCUT2D eigenvalue weighted by Crippen LogP contribution is 2.41. The molecule has 2 aromatic rings. The monoisotopic (exact) mass is 300 g/mol. The van der Waals surface area contributed by atoms with Crippen LogP contribution in [-0.4, -0.2) is 15.4 Å². The van der Waals surface area contributed by atoms with E-state index in [0.29, 0.717) is 24.3 Å². The van der Waals surface area contributed by atoms with Crippen molar-refractivity contribution in [2.45, 2.75) is 32.2 Å². The lowest BCUT2D eigenvalue weighted by molar-refractivity contribution is 0.481. The molecule has 2 nitrogen and oxygen atoms in total. The molecule has 1 heterocycles. The zero-order valence-corrected chi connectivity index (χ0v) is 12.2. The Labute approximate surface area is 121 Å². The molecule has 1 aliphatic carbocycles. The number of aromatic nitrogens is 2. The van der Waals surface area contributed by atoms with Crippen LogP contribution in [-0.2, 0) is 6.42 Å². The third kappa shape index (κ3) is 2.34. The van der Waals surface area contributed by atoms with E-state index in [0.717, 1.165) is 16.9 Å². The lowest BCUT2D eigenvalue weighted by Gasteiger charge is -2.16. The first kappa shape index (κ1) is 13.2. The third-order valence-electron chi connectivity index (χ3n) is 3.83. The molecule has 3 rings (SSSR count). The Morgan fingerprint density at radius 1 is 1.47 bits per heavy atom. The van der Waals surface area contributed by atoms with Crippen LogP contribution in [0.2, 0.25) is 5.02 Å². The molecule has 1 unspecified atom stereocenters. The van der Waals surface area contributed by atoms with Gasteiger partial charge in [-0.05, 0) is 31.7 Å². The topological polar surface area (TPSA) is 17.8 Å². The molecule has 0 amide bonds. The van der Waals surface area contributed by atoms with Gasteiger partial charge < -0.3 is 4.57 Å². The third-order valence-corrected chi connectivity index (χ3v) is 4.31. The van der Waals surface area contributed by atoms with Gasteiger partial charge in [-0.25, -0.2) is 9.37 Å². The van der Waals surface area contributed by atoms with Crippen molar-refractivity contribution < 1.29 is 4.39 Å². The quantitative estimate of drug-likeness (QED) is 0.756. The summed E-state index contributed by atoms with van der Waals surface area (Å²) in [6.45, 7) is 2.17. The van der Waals surface area contributed by atoms with Crippen LogP contribution < -0.4 is 0 Å². The molecule has 19 heavy (non-hydrogen) atoms. The van der Waals surface area contributed by atoms with Gasteiger partial charge in [0.15, 0.2) is 0 Å². The summed E-state index contributed by atoms with van der Waals surface area (Å²) in [6, 6.07) is 3.42. The van der Waals surface area contributed by atoms with E-state index < -0.39 is 5.82 Å². The number of aryl methyl sites for hydroxylation is 1. The van der Waals surface area contributed by atoms with Gasteiger partial charge in [0, 0.05) is 24.4 Å². The summed E-state index contributed by atoms with van der Waals surface area (Å²) in [6.07, 6.45) is 3.15. The van der Waals surface area contributed by atoms with Crippen molar-refractivity contribution in [3.8, 4) is 0 Å². The first-order chi connectivity index (χ1) is 9.11. The van der Waals surface area contributed by atoms with Gasteiger partial charge >= 0.3 is 0 Å². The zero-order valence-electron chi connectivity index (χ0n) is 10.7.